The highest BCUT2D eigenvalue weighted by atomic mass is 35.5. The van der Waals surface area contributed by atoms with Gasteiger partial charge in [-0.25, -0.2) is 4.39 Å². The summed E-state index contributed by atoms with van der Waals surface area (Å²) in [5, 5.41) is 2.81. The topological polar surface area (TPSA) is 55.1 Å². The lowest BCUT2D eigenvalue weighted by Crippen LogP contribution is -2.25. The predicted molar refractivity (Wildman–Crippen MR) is 69.3 cm³/mol. The molecule has 0 aliphatic heterocycles. The summed E-state index contributed by atoms with van der Waals surface area (Å²) in [5.41, 5.74) is 5.61. The van der Waals surface area contributed by atoms with E-state index in [-0.39, 0.29) is 28.9 Å². The van der Waals surface area contributed by atoms with Gasteiger partial charge in [0.25, 0.3) is 5.91 Å². The number of hydrogen-bond acceptors (Lipinski definition) is 2. The van der Waals surface area contributed by atoms with Crippen LogP contribution in [0, 0.1) is 5.82 Å². The highest BCUT2D eigenvalue weighted by molar-refractivity contribution is 6.33. The molecule has 0 aliphatic rings. The van der Waals surface area contributed by atoms with Crippen LogP contribution in [0.2, 0.25) is 5.02 Å². The van der Waals surface area contributed by atoms with Gasteiger partial charge in [-0.15, -0.1) is 12.4 Å². The normalized spacial score (nSPS) is 9.59. The van der Waals surface area contributed by atoms with Crippen LogP contribution in [0.4, 0.5) is 4.39 Å². The van der Waals surface area contributed by atoms with Gasteiger partial charge in [-0.05, 0) is 37.6 Å². The van der Waals surface area contributed by atoms with Crippen molar-refractivity contribution in [1.82, 2.24) is 5.32 Å². The molecule has 6 heteroatoms. The Morgan fingerprint density at radius 1 is 1.41 bits per heavy atom. The Balaban J connectivity index is 0.00000256. The van der Waals surface area contributed by atoms with Crippen molar-refractivity contribution < 1.29 is 9.18 Å². The molecule has 0 saturated carbocycles. The second-order valence-corrected chi connectivity index (χ2v) is 3.78. The summed E-state index contributed by atoms with van der Waals surface area (Å²) in [7, 11) is 0. The Morgan fingerprint density at radius 3 is 2.71 bits per heavy atom. The van der Waals surface area contributed by atoms with Gasteiger partial charge in [-0.1, -0.05) is 11.6 Å². The monoisotopic (exact) mass is 280 g/mol. The molecule has 0 fully saturated rings. The number of nitrogens with one attached hydrogen (secondary N) is 1. The van der Waals surface area contributed by atoms with Gasteiger partial charge in [0.05, 0.1) is 10.6 Å². The van der Waals surface area contributed by atoms with Gasteiger partial charge >= 0.3 is 0 Å². The summed E-state index contributed by atoms with van der Waals surface area (Å²) < 4.78 is 12.7. The lowest BCUT2D eigenvalue weighted by Gasteiger charge is -2.06. The number of carbonyl (C=O) groups is 1. The standard InChI is InChI=1S/C11H14ClFN2O.ClH/c12-10-7-8(13)3-4-9(10)11(16)15-6-2-1-5-14;/h3-4,7H,1-2,5-6,14H2,(H,15,16);1H. The summed E-state index contributed by atoms with van der Waals surface area (Å²) in [4.78, 5) is 11.6. The smallest absolute Gasteiger partial charge is 0.252 e. The van der Waals surface area contributed by atoms with Gasteiger partial charge in [0, 0.05) is 6.54 Å². The SMILES string of the molecule is Cl.NCCCCNC(=O)c1ccc(F)cc1Cl. The van der Waals surface area contributed by atoms with Crippen LogP contribution >= 0.6 is 24.0 Å². The summed E-state index contributed by atoms with van der Waals surface area (Å²) in [6.07, 6.45) is 1.68. The zero-order chi connectivity index (χ0) is 12.0. The number of nitrogens with two attached hydrogens (primary N) is 1. The van der Waals surface area contributed by atoms with E-state index in [0.29, 0.717) is 13.1 Å². The van der Waals surface area contributed by atoms with E-state index in [4.69, 9.17) is 17.3 Å². The molecule has 0 bridgehead atoms. The number of benzene rings is 1. The van der Waals surface area contributed by atoms with Crippen LogP contribution < -0.4 is 11.1 Å². The van der Waals surface area contributed by atoms with Crippen LogP contribution in [0.15, 0.2) is 18.2 Å². The van der Waals surface area contributed by atoms with Crippen molar-refractivity contribution >= 4 is 29.9 Å². The van der Waals surface area contributed by atoms with E-state index >= 15 is 0 Å². The van der Waals surface area contributed by atoms with Crippen molar-refractivity contribution in [2.75, 3.05) is 13.1 Å². The first kappa shape index (κ1) is 16.2. The van der Waals surface area contributed by atoms with Crippen LogP contribution in [-0.4, -0.2) is 19.0 Å². The quantitative estimate of drug-likeness (QED) is 0.814. The van der Waals surface area contributed by atoms with Gasteiger partial charge in [0.15, 0.2) is 0 Å². The van der Waals surface area contributed by atoms with Crippen LogP contribution in [-0.2, 0) is 0 Å². The van der Waals surface area contributed by atoms with Crippen molar-refractivity contribution in [3.63, 3.8) is 0 Å². The Kier molecular flexibility index (Phi) is 7.87. The van der Waals surface area contributed by atoms with Crippen LogP contribution in [0.1, 0.15) is 23.2 Å². The molecule has 0 spiro atoms. The second kappa shape index (κ2) is 8.28. The zero-order valence-corrected chi connectivity index (χ0v) is 10.8. The van der Waals surface area contributed by atoms with Crippen molar-refractivity contribution in [1.29, 1.82) is 0 Å². The van der Waals surface area contributed by atoms with Gasteiger partial charge in [0.1, 0.15) is 5.82 Å². The summed E-state index contributed by atoms with van der Waals surface area (Å²) in [6.45, 7) is 1.15. The molecule has 0 saturated heterocycles. The largest absolute Gasteiger partial charge is 0.352 e. The molecule has 0 radical (unpaired) electrons. The van der Waals surface area contributed by atoms with Gasteiger partial charge in [-0.3, -0.25) is 4.79 Å². The Morgan fingerprint density at radius 2 is 2.12 bits per heavy atom. The molecule has 0 aromatic heterocycles. The molecule has 17 heavy (non-hydrogen) atoms. The van der Waals surface area contributed by atoms with E-state index in [2.05, 4.69) is 5.32 Å². The van der Waals surface area contributed by atoms with Crippen LogP contribution in [0.5, 0.6) is 0 Å². The Labute approximate surface area is 111 Å². The van der Waals surface area contributed by atoms with E-state index in [9.17, 15) is 9.18 Å². The van der Waals surface area contributed by atoms with Crippen molar-refractivity contribution in [2.45, 2.75) is 12.8 Å². The molecule has 0 unspecified atom stereocenters. The van der Waals surface area contributed by atoms with E-state index in [1.54, 1.807) is 0 Å². The summed E-state index contributed by atoms with van der Waals surface area (Å²) in [5.74, 6) is -0.744. The number of halogens is 3. The summed E-state index contributed by atoms with van der Waals surface area (Å²) >= 11 is 5.74. The second-order valence-electron chi connectivity index (χ2n) is 3.38. The highest BCUT2D eigenvalue weighted by Crippen LogP contribution is 2.16. The molecule has 1 amide bonds. The lowest BCUT2D eigenvalue weighted by molar-refractivity contribution is 0.0953. The Bertz CT molecular complexity index is 374. The first-order valence-corrected chi connectivity index (χ1v) is 5.46. The van der Waals surface area contributed by atoms with Crippen LogP contribution in [0.25, 0.3) is 0 Å². The van der Waals surface area contributed by atoms with Crippen LogP contribution in [0.3, 0.4) is 0 Å². The maximum absolute atomic E-state index is 12.7. The minimum absolute atomic E-state index is 0. The number of hydrogen-bond donors (Lipinski definition) is 2. The third-order valence-electron chi connectivity index (χ3n) is 2.09. The van der Waals surface area contributed by atoms with Crippen molar-refractivity contribution in [3.8, 4) is 0 Å². The number of amides is 1. The average Bonchev–Trinajstić information content (AvgIpc) is 2.24. The number of unbranched alkanes of at least 4 members (excludes halogenated alkanes) is 1. The van der Waals surface area contributed by atoms with Gasteiger partial charge in [0.2, 0.25) is 0 Å². The molecule has 3 nitrogen and oxygen atoms in total. The first-order valence-electron chi connectivity index (χ1n) is 5.08. The minimum atomic E-state index is -0.454. The molecule has 0 heterocycles. The molecule has 1 aromatic carbocycles. The molecular weight excluding hydrogens is 266 g/mol. The maximum atomic E-state index is 12.7. The van der Waals surface area contributed by atoms with E-state index in [1.807, 2.05) is 0 Å². The number of carbonyl (C=O) groups excluding carboxylic acids is 1. The molecule has 1 aromatic rings. The predicted octanol–water partition coefficient (Wildman–Crippen LogP) is 2.37. The lowest BCUT2D eigenvalue weighted by atomic mass is 10.2. The zero-order valence-electron chi connectivity index (χ0n) is 9.21. The minimum Gasteiger partial charge on any atom is -0.352 e. The maximum Gasteiger partial charge on any atom is 0.252 e. The van der Waals surface area contributed by atoms with Crippen molar-refractivity contribution in [2.24, 2.45) is 5.73 Å². The Hall–Kier alpha value is -0.840. The van der Waals surface area contributed by atoms with Gasteiger partial charge in [-0.2, -0.15) is 0 Å². The molecule has 0 aliphatic carbocycles. The number of rotatable bonds is 5. The molecule has 96 valence electrons. The average molecular weight is 281 g/mol. The van der Waals surface area contributed by atoms with Crippen molar-refractivity contribution in [3.05, 3.63) is 34.6 Å². The molecular formula is C11H15Cl2FN2O. The van der Waals surface area contributed by atoms with Gasteiger partial charge < -0.3 is 11.1 Å². The highest BCUT2D eigenvalue weighted by Gasteiger charge is 2.09. The van der Waals surface area contributed by atoms with E-state index in [1.165, 1.54) is 12.1 Å². The van der Waals surface area contributed by atoms with E-state index in [0.717, 1.165) is 18.9 Å². The van der Waals surface area contributed by atoms with E-state index < -0.39 is 5.82 Å². The third kappa shape index (κ3) is 5.35. The summed E-state index contributed by atoms with van der Waals surface area (Å²) in [6, 6.07) is 3.70. The third-order valence-corrected chi connectivity index (χ3v) is 2.40. The fraction of sp³-hybridized carbons (Fsp3) is 0.364. The fourth-order valence-corrected chi connectivity index (χ4v) is 1.49. The molecule has 3 N–H and O–H groups in total. The first-order chi connectivity index (χ1) is 7.65. The molecule has 1 rings (SSSR count). The molecule has 0 atom stereocenters. The fourth-order valence-electron chi connectivity index (χ4n) is 1.24.